The lowest BCUT2D eigenvalue weighted by atomic mass is 9.75. The molecule has 2 rings (SSSR count). The molecule has 0 saturated heterocycles. The first-order valence-corrected chi connectivity index (χ1v) is 5.57. The molecule has 0 atom stereocenters. The monoisotopic (exact) mass is 205 g/mol. The quantitative estimate of drug-likeness (QED) is 0.760. The topological polar surface area (TPSA) is 51.8 Å². The fourth-order valence-electron chi connectivity index (χ4n) is 2.27. The lowest BCUT2D eigenvalue weighted by Gasteiger charge is -2.31. The van der Waals surface area contributed by atoms with Crippen molar-refractivity contribution in [1.29, 1.82) is 0 Å². The molecule has 1 aliphatic carbocycles. The highest BCUT2D eigenvalue weighted by Gasteiger charge is 2.27. The van der Waals surface area contributed by atoms with Crippen molar-refractivity contribution in [3.8, 4) is 0 Å². The van der Waals surface area contributed by atoms with E-state index in [1.54, 1.807) is 0 Å². The van der Waals surface area contributed by atoms with Gasteiger partial charge in [0.25, 0.3) is 0 Å². The van der Waals surface area contributed by atoms with Crippen molar-refractivity contribution >= 4 is 0 Å². The van der Waals surface area contributed by atoms with Gasteiger partial charge >= 0.3 is 0 Å². The van der Waals surface area contributed by atoms with E-state index in [2.05, 4.69) is 30.7 Å². The predicted molar refractivity (Wildman–Crippen MR) is 60.5 cm³/mol. The second kappa shape index (κ2) is 3.56. The Kier molecular flexibility index (Phi) is 2.51. The van der Waals surface area contributed by atoms with Crippen LogP contribution in [0.5, 0.6) is 0 Å². The molecule has 0 amide bonds. The first-order chi connectivity index (χ1) is 7.02. The fraction of sp³-hybridized carbons (Fsp3) is 0.667. The summed E-state index contributed by atoms with van der Waals surface area (Å²) < 4.78 is 0. The molecule has 3 nitrogen and oxygen atoms in total. The molecule has 0 bridgehead atoms. The molecule has 1 aromatic heterocycles. The zero-order chi connectivity index (χ0) is 11.1. The average Bonchev–Trinajstić information content (AvgIpc) is 2.18. The van der Waals surface area contributed by atoms with Gasteiger partial charge in [-0.1, -0.05) is 13.8 Å². The number of aryl methyl sites for hydroxylation is 2. The summed E-state index contributed by atoms with van der Waals surface area (Å²) in [6, 6.07) is 0. The summed E-state index contributed by atoms with van der Waals surface area (Å²) in [6.07, 6.45) is 3.37. The van der Waals surface area contributed by atoms with Crippen molar-refractivity contribution in [2.75, 3.05) is 0 Å². The van der Waals surface area contributed by atoms with Gasteiger partial charge < -0.3 is 5.73 Å². The van der Waals surface area contributed by atoms with Crippen LogP contribution in [0.25, 0.3) is 0 Å². The largest absolute Gasteiger partial charge is 0.324 e. The minimum Gasteiger partial charge on any atom is -0.324 e. The van der Waals surface area contributed by atoms with Crippen LogP contribution in [0.1, 0.15) is 43.0 Å². The standard InChI is InChI=1S/C12H19N3/c1-8-9-6-12(2,3)5-4-10(9)15-11(7-13)14-8/h4-7,13H2,1-3H3. The Morgan fingerprint density at radius 1 is 1.33 bits per heavy atom. The van der Waals surface area contributed by atoms with Gasteiger partial charge in [-0.15, -0.1) is 0 Å². The van der Waals surface area contributed by atoms with Gasteiger partial charge in [-0.3, -0.25) is 0 Å². The molecule has 2 N–H and O–H groups in total. The molecule has 0 aliphatic heterocycles. The molecule has 0 radical (unpaired) electrons. The number of hydrogen-bond donors (Lipinski definition) is 1. The number of nitrogens with zero attached hydrogens (tertiary/aromatic N) is 2. The third kappa shape index (κ3) is 2.02. The summed E-state index contributed by atoms with van der Waals surface area (Å²) in [5, 5.41) is 0. The first-order valence-electron chi connectivity index (χ1n) is 5.57. The highest BCUT2D eigenvalue weighted by Crippen LogP contribution is 2.34. The molecule has 1 aliphatic rings. The molecule has 15 heavy (non-hydrogen) atoms. The average molecular weight is 205 g/mol. The minimum absolute atomic E-state index is 0.394. The van der Waals surface area contributed by atoms with E-state index < -0.39 is 0 Å². The van der Waals surface area contributed by atoms with Gasteiger partial charge in [-0.05, 0) is 37.2 Å². The van der Waals surface area contributed by atoms with Crippen molar-refractivity contribution < 1.29 is 0 Å². The third-order valence-electron chi connectivity index (χ3n) is 3.22. The van der Waals surface area contributed by atoms with E-state index >= 15 is 0 Å². The molecule has 3 heteroatoms. The SMILES string of the molecule is Cc1nc(CN)nc2c1CC(C)(C)CC2. The fourth-order valence-corrected chi connectivity index (χ4v) is 2.27. The van der Waals surface area contributed by atoms with Gasteiger partial charge in [-0.25, -0.2) is 9.97 Å². The van der Waals surface area contributed by atoms with E-state index in [0.717, 1.165) is 24.4 Å². The van der Waals surface area contributed by atoms with Crippen molar-refractivity contribution in [3.05, 3.63) is 22.8 Å². The molecule has 0 spiro atoms. The highest BCUT2D eigenvalue weighted by molar-refractivity contribution is 5.29. The summed E-state index contributed by atoms with van der Waals surface area (Å²) in [4.78, 5) is 8.96. The maximum absolute atomic E-state index is 5.58. The Labute approximate surface area is 91.1 Å². The predicted octanol–water partition coefficient (Wildman–Crippen LogP) is 1.76. The van der Waals surface area contributed by atoms with Gasteiger partial charge in [0.05, 0.1) is 6.54 Å². The molecule has 1 aromatic rings. The Hall–Kier alpha value is -0.960. The van der Waals surface area contributed by atoms with E-state index in [1.807, 2.05) is 0 Å². The second-order valence-electron chi connectivity index (χ2n) is 5.20. The van der Waals surface area contributed by atoms with Crippen LogP contribution in [0, 0.1) is 12.3 Å². The number of fused-ring (bicyclic) bond motifs is 1. The lowest BCUT2D eigenvalue weighted by Crippen LogP contribution is -2.25. The van der Waals surface area contributed by atoms with E-state index in [9.17, 15) is 0 Å². The summed E-state index contributed by atoms with van der Waals surface area (Å²) in [6.45, 7) is 7.14. The van der Waals surface area contributed by atoms with Gasteiger partial charge in [0, 0.05) is 11.4 Å². The van der Waals surface area contributed by atoms with Gasteiger partial charge in [0.1, 0.15) is 5.82 Å². The van der Waals surface area contributed by atoms with E-state index in [0.29, 0.717) is 12.0 Å². The zero-order valence-corrected chi connectivity index (χ0v) is 9.80. The van der Waals surface area contributed by atoms with Crippen LogP contribution < -0.4 is 5.73 Å². The highest BCUT2D eigenvalue weighted by atomic mass is 14.9. The molecular weight excluding hydrogens is 186 g/mol. The lowest BCUT2D eigenvalue weighted by molar-refractivity contribution is 0.310. The van der Waals surface area contributed by atoms with Crippen LogP contribution >= 0.6 is 0 Å². The van der Waals surface area contributed by atoms with Crippen molar-refractivity contribution in [1.82, 2.24) is 9.97 Å². The van der Waals surface area contributed by atoms with Crippen LogP contribution in [0.15, 0.2) is 0 Å². The van der Waals surface area contributed by atoms with Crippen molar-refractivity contribution in [3.63, 3.8) is 0 Å². The van der Waals surface area contributed by atoms with Crippen molar-refractivity contribution in [2.24, 2.45) is 11.1 Å². The summed E-state index contributed by atoms with van der Waals surface area (Å²) in [5.41, 5.74) is 9.67. The van der Waals surface area contributed by atoms with E-state index in [4.69, 9.17) is 5.73 Å². The summed E-state index contributed by atoms with van der Waals surface area (Å²) in [7, 11) is 0. The van der Waals surface area contributed by atoms with Crippen LogP contribution in [0.4, 0.5) is 0 Å². The minimum atomic E-state index is 0.394. The molecular formula is C12H19N3. The number of hydrogen-bond acceptors (Lipinski definition) is 3. The summed E-state index contributed by atoms with van der Waals surface area (Å²) >= 11 is 0. The molecule has 82 valence electrons. The number of nitrogens with two attached hydrogens (primary N) is 1. The van der Waals surface area contributed by atoms with E-state index in [1.165, 1.54) is 17.7 Å². The van der Waals surface area contributed by atoms with Crippen LogP contribution in [-0.4, -0.2) is 9.97 Å². The Bertz CT molecular complexity index is 383. The van der Waals surface area contributed by atoms with Gasteiger partial charge in [0.2, 0.25) is 0 Å². The third-order valence-corrected chi connectivity index (χ3v) is 3.22. The van der Waals surface area contributed by atoms with Gasteiger partial charge in [0.15, 0.2) is 0 Å². The van der Waals surface area contributed by atoms with Crippen molar-refractivity contribution in [2.45, 2.75) is 46.6 Å². The number of rotatable bonds is 1. The normalized spacial score (nSPS) is 18.7. The maximum Gasteiger partial charge on any atom is 0.142 e. The van der Waals surface area contributed by atoms with Gasteiger partial charge in [-0.2, -0.15) is 0 Å². The van der Waals surface area contributed by atoms with Crippen LogP contribution in [-0.2, 0) is 19.4 Å². The Morgan fingerprint density at radius 2 is 2.07 bits per heavy atom. The molecule has 0 saturated carbocycles. The van der Waals surface area contributed by atoms with E-state index in [-0.39, 0.29) is 0 Å². The first kappa shape index (κ1) is 10.6. The zero-order valence-electron chi connectivity index (χ0n) is 9.80. The summed E-state index contributed by atoms with van der Waals surface area (Å²) in [5.74, 6) is 0.783. The maximum atomic E-state index is 5.58. The number of aromatic nitrogens is 2. The Balaban J connectivity index is 2.44. The molecule has 0 fully saturated rings. The molecule has 1 heterocycles. The van der Waals surface area contributed by atoms with Crippen LogP contribution in [0.2, 0.25) is 0 Å². The molecule has 0 unspecified atom stereocenters. The smallest absolute Gasteiger partial charge is 0.142 e. The second-order valence-corrected chi connectivity index (χ2v) is 5.20. The molecule has 0 aromatic carbocycles. The Morgan fingerprint density at radius 3 is 2.73 bits per heavy atom. The van der Waals surface area contributed by atoms with Crippen LogP contribution in [0.3, 0.4) is 0 Å².